The number of nitrogens with zero attached hydrogens (tertiary/aromatic N) is 1. The zero-order valence-corrected chi connectivity index (χ0v) is 9.58. The third-order valence-electron chi connectivity index (χ3n) is 2.77. The molecule has 2 aromatic rings. The lowest BCUT2D eigenvalue weighted by Gasteiger charge is -2.10. The summed E-state index contributed by atoms with van der Waals surface area (Å²) in [6.45, 7) is 8.02. The summed E-state index contributed by atoms with van der Waals surface area (Å²) in [5.74, 6) is 0.999. The average molecular weight is 203 g/mol. The van der Waals surface area contributed by atoms with Crippen LogP contribution in [-0.4, -0.2) is 11.2 Å². The predicted octanol–water partition coefficient (Wildman–Crippen LogP) is 3.37. The van der Waals surface area contributed by atoms with E-state index >= 15 is 0 Å². The van der Waals surface area contributed by atoms with Gasteiger partial charge in [0.1, 0.15) is 5.75 Å². The maximum absolute atomic E-state index is 5.60. The standard InChI is InChI=1S/C13H17NO/c1-4-14-9-8-11-6-7-12(15-5-2)10(3)13(11)14/h6-9H,4-5H2,1-3H3. The van der Waals surface area contributed by atoms with Crippen molar-refractivity contribution in [2.75, 3.05) is 6.61 Å². The second kappa shape index (κ2) is 3.97. The van der Waals surface area contributed by atoms with Crippen molar-refractivity contribution in [3.05, 3.63) is 30.0 Å². The van der Waals surface area contributed by atoms with Crippen molar-refractivity contribution in [1.82, 2.24) is 4.57 Å². The van der Waals surface area contributed by atoms with Crippen LogP contribution in [0, 0.1) is 6.92 Å². The van der Waals surface area contributed by atoms with Gasteiger partial charge in [-0.25, -0.2) is 0 Å². The van der Waals surface area contributed by atoms with Crippen molar-refractivity contribution < 1.29 is 4.74 Å². The van der Waals surface area contributed by atoms with Crippen molar-refractivity contribution in [2.24, 2.45) is 0 Å². The van der Waals surface area contributed by atoms with Crippen LogP contribution in [-0.2, 0) is 6.54 Å². The van der Waals surface area contributed by atoms with Gasteiger partial charge in [-0.2, -0.15) is 0 Å². The Balaban J connectivity index is 2.64. The van der Waals surface area contributed by atoms with Crippen molar-refractivity contribution in [3.63, 3.8) is 0 Å². The van der Waals surface area contributed by atoms with Crippen LogP contribution in [0.25, 0.3) is 10.9 Å². The van der Waals surface area contributed by atoms with Crippen molar-refractivity contribution >= 4 is 10.9 Å². The molecule has 2 nitrogen and oxygen atoms in total. The minimum absolute atomic E-state index is 0.721. The number of ether oxygens (including phenoxy) is 1. The summed E-state index contributed by atoms with van der Waals surface area (Å²) in [4.78, 5) is 0. The first-order valence-electron chi connectivity index (χ1n) is 5.49. The molecular weight excluding hydrogens is 186 g/mol. The molecule has 2 heteroatoms. The van der Waals surface area contributed by atoms with E-state index < -0.39 is 0 Å². The Morgan fingerprint density at radius 2 is 2.00 bits per heavy atom. The lowest BCUT2D eigenvalue weighted by molar-refractivity contribution is 0.338. The van der Waals surface area contributed by atoms with Crippen LogP contribution >= 0.6 is 0 Å². The quantitative estimate of drug-likeness (QED) is 0.746. The Hall–Kier alpha value is -1.44. The molecule has 0 amide bonds. The molecule has 1 aromatic carbocycles. The van der Waals surface area contributed by atoms with Crippen LogP contribution in [0.15, 0.2) is 24.4 Å². The second-order valence-corrected chi connectivity index (χ2v) is 3.66. The summed E-state index contributed by atoms with van der Waals surface area (Å²) < 4.78 is 7.86. The largest absolute Gasteiger partial charge is 0.494 e. The van der Waals surface area contributed by atoms with E-state index in [4.69, 9.17) is 4.74 Å². The number of aryl methyl sites for hydroxylation is 2. The SMILES string of the molecule is CCOc1ccc2ccn(CC)c2c1C. The Bertz CT molecular complexity index is 471. The lowest BCUT2D eigenvalue weighted by Crippen LogP contribution is -1.97. The Labute approximate surface area is 90.5 Å². The molecule has 15 heavy (non-hydrogen) atoms. The third-order valence-corrected chi connectivity index (χ3v) is 2.77. The summed E-state index contributed by atoms with van der Waals surface area (Å²) in [6.07, 6.45) is 2.13. The van der Waals surface area contributed by atoms with E-state index in [1.807, 2.05) is 6.92 Å². The maximum atomic E-state index is 5.60. The molecule has 1 aromatic heterocycles. The van der Waals surface area contributed by atoms with Gasteiger partial charge in [-0.3, -0.25) is 0 Å². The number of hydrogen-bond donors (Lipinski definition) is 0. The zero-order valence-electron chi connectivity index (χ0n) is 9.58. The molecule has 0 fully saturated rings. The maximum Gasteiger partial charge on any atom is 0.124 e. The number of hydrogen-bond acceptors (Lipinski definition) is 1. The average Bonchev–Trinajstić information content (AvgIpc) is 2.66. The van der Waals surface area contributed by atoms with Gasteiger partial charge < -0.3 is 9.30 Å². The topological polar surface area (TPSA) is 14.2 Å². The van der Waals surface area contributed by atoms with E-state index in [9.17, 15) is 0 Å². The molecule has 0 aliphatic rings. The molecule has 0 saturated carbocycles. The van der Waals surface area contributed by atoms with E-state index in [2.05, 4.69) is 42.8 Å². The van der Waals surface area contributed by atoms with Gasteiger partial charge in [0.05, 0.1) is 12.1 Å². The van der Waals surface area contributed by atoms with E-state index in [0.717, 1.165) is 18.9 Å². The highest BCUT2D eigenvalue weighted by Gasteiger charge is 2.07. The lowest BCUT2D eigenvalue weighted by atomic mass is 10.1. The van der Waals surface area contributed by atoms with E-state index in [0.29, 0.717) is 0 Å². The number of rotatable bonds is 3. The number of aromatic nitrogens is 1. The molecule has 0 spiro atoms. The third kappa shape index (κ3) is 1.60. The molecule has 1 heterocycles. The van der Waals surface area contributed by atoms with Gasteiger partial charge in [0.2, 0.25) is 0 Å². The van der Waals surface area contributed by atoms with E-state index in [-0.39, 0.29) is 0 Å². The van der Waals surface area contributed by atoms with Gasteiger partial charge in [-0.15, -0.1) is 0 Å². The summed E-state index contributed by atoms with van der Waals surface area (Å²) >= 11 is 0. The fraction of sp³-hybridized carbons (Fsp3) is 0.385. The molecule has 0 unspecified atom stereocenters. The molecule has 0 radical (unpaired) electrons. The second-order valence-electron chi connectivity index (χ2n) is 3.66. The first-order valence-corrected chi connectivity index (χ1v) is 5.49. The Morgan fingerprint density at radius 3 is 2.67 bits per heavy atom. The van der Waals surface area contributed by atoms with E-state index in [1.165, 1.54) is 16.5 Å². The molecule has 0 atom stereocenters. The van der Waals surface area contributed by atoms with Crippen LogP contribution in [0.4, 0.5) is 0 Å². The smallest absolute Gasteiger partial charge is 0.124 e. The van der Waals surface area contributed by atoms with Gasteiger partial charge in [-0.05, 0) is 39.0 Å². The van der Waals surface area contributed by atoms with Gasteiger partial charge in [0.15, 0.2) is 0 Å². The van der Waals surface area contributed by atoms with E-state index in [1.54, 1.807) is 0 Å². The van der Waals surface area contributed by atoms with Gasteiger partial charge >= 0.3 is 0 Å². The number of benzene rings is 1. The van der Waals surface area contributed by atoms with Crippen LogP contribution < -0.4 is 4.74 Å². The fourth-order valence-corrected chi connectivity index (χ4v) is 2.04. The Morgan fingerprint density at radius 1 is 1.20 bits per heavy atom. The molecule has 80 valence electrons. The highest BCUT2D eigenvalue weighted by Crippen LogP contribution is 2.28. The molecular formula is C13H17NO. The number of fused-ring (bicyclic) bond motifs is 1. The first kappa shape index (κ1) is 10.1. The summed E-state index contributed by atoms with van der Waals surface area (Å²) in [5, 5.41) is 1.29. The predicted molar refractivity (Wildman–Crippen MR) is 63.5 cm³/mol. The summed E-state index contributed by atoms with van der Waals surface area (Å²) in [7, 11) is 0. The van der Waals surface area contributed by atoms with Crippen molar-refractivity contribution in [1.29, 1.82) is 0 Å². The highest BCUT2D eigenvalue weighted by molar-refractivity contribution is 5.85. The summed E-state index contributed by atoms with van der Waals surface area (Å²) in [6, 6.07) is 6.34. The molecule has 0 aliphatic carbocycles. The zero-order chi connectivity index (χ0) is 10.8. The van der Waals surface area contributed by atoms with Crippen LogP contribution in [0.1, 0.15) is 19.4 Å². The molecule has 0 saturated heterocycles. The fourth-order valence-electron chi connectivity index (χ4n) is 2.04. The first-order chi connectivity index (χ1) is 7.27. The minimum atomic E-state index is 0.721. The normalized spacial score (nSPS) is 10.9. The van der Waals surface area contributed by atoms with Gasteiger partial charge in [0, 0.05) is 23.7 Å². The molecule has 0 aliphatic heterocycles. The van der Waals surface area contributed by atoms with Crippen molar-refractivity contribution in [2.45, 2.75) is 27.3 Å². The van der Waals surface area contributed by atoms with Gasteiger partial charge in [-0.1, -0.05) is 0 Å². The van der Waals surface area contributed by atoms with Crippen molar-refractivity contribution in [3.8, 4) is 5.75 Å². The molecule has 2 rings (SSSR count). The van der Waals surface area contributed by atoms with Crippen LogP contribution in [0.3, 0.4) is 0 Å². The van der Waals surface area contributed by atoms with Crippen LogP contribution in [0.5, 0.6) is 5.75 Å². The molecule has 0 N–H and O–H groups in total. The highest BCUT2D eigenvalue weighted by atomic mass is 16.5. The summed E-state index contributed by atoms with van der Waals surface area (Å²) in [5.41, 5.74) is 2.53. The Kier molecular flexibility index (Phi) is 2.67. The monoisotopic (exact) mass is 203 g/mol. The van der Waals surface area contributed by atoms with Gasteiger partial charge in [0.25, 0.3) is 0 Å². The minimum Gasteiger partial charge on any atom is -0.494 e. The van der Waals surface area contributed by atoms with Crippen LogP contribution in [0.2, 0.25) is 0 Å². The molecule has 0 bridgehead atoms.